The lowest BCUT2D eigenvalue weighted by Crippen LogP contribution is -2.45. The highest BCUT2D eigenvalue weighted by Crippen LogP contribution is 2.18. The van der Waals surface area contributed by atoms with Crippen LogP contribution in [0.5, 0.6) is 0 Å². The van der Waals surface area contributed by atoms with Gasteiger partial charge in [0.05, 0.1) is 13.1 Å². The van der Waals surface area contributed by atoms with Crippen LogP contribution in [0.15, 0.2) is 34.6 Å². The van der Waals surface area contributed by atoms with Gasteiger partial charge in [-0.1, -0.05) is 24.3 Å². The largest absolute Gasteiger partial charge is 0.350 e. The predicted molar refractivity (Wildman–Crippen MR) is 101 cm³/mol. The van der Waals surface area contributed by atoms with Crippen LogP contribution in [0.25, 0.3) is 0 Å². The van der Waals surface area contributed by atoms with Crippen LogP contribution in [-0.2, 0) is 24.3 Å². The van der Waals surface area contributed by atoms with Gasteiger partial charge in [0.15, 0.2) is 5.96 Å². The minimum atomic E-state index is 0.0857. The van der Waals surface area contributed by atoms with Gasteiger partial charge in [-0.25, -0.2) is 4.98 Å². The molecule has 6 nitrogen and oxygen atoms in total. The second kappa shape index (κ2) is 8.11. The number of aliphatic imine (C=N–C) groups is 1. The molecule has 0 atom stereocenters. The smallest absolute Gasteiger partial charge is 0.242 e. The van der Waals surface area contributed by atoms with Crippen LogP contribution in [0.3, 0.4) is 0 Å². The molecule has 3 rings (SSSR count). The molecule has 132 valence electrons. The first-order valence-corrected chi connectivity index (χ1v) is 9.24. The average Bonchev–Trinajstić information content (AvgIpc) is 3.06. The molecule has 1 aliphatic heterocycles. The predicted octanol–water partition coefficient (Wildman–Crippen LogP) is 1.70. The van der Waals surface area contributed by atoms with E-state index in [9.17, 15) is 4.79 Å². The maximum Gasteiger partial charge on any atom is 0.242 e. The Kier molecular flexibility index (Phi) is 5.65. The zero-order chi connectivity index (χ0) is 17.6. The van der Waals surface area contributed by atoms with Crippen molar-refractivity contribution in [1.82, 2.24) is 20.5 Å². The summed E-state index contributed by atoms with van der Waals surface area (Å²) in [5, 5.41) is 9.30. The molecule has 25 heavy (non-hydrogen) atoms. The molecule has 0 radical (unpaired) electrons. The van der Waals surface area contributed by atoms with Gasteiger partial charge in [-0.05, 0) is 24.5 Å². The number of amides is 1. The molecule has 0 saturated heterocycles. The third-order valence-electron chi connectivity index (χ3n) is 4.19. The van der Waals surface area contributed by atoms with Gasteiger partial charge in [-0.3, -0.25) is 9.79 Å². The SMILES string of the molecule is CN=C(NCC(=O)N1CCc2ccccc2C1)NCc1nc(C)cs1. The Morgan fingerprint density at radius 3 is 2.84 bits per heavy atom. The molecular weight excluding hydrogens is 334 g/mol. The number of aryl methyl sites for hydroxylation is 1. The molecule has 1 aromatic carbocycles. The molecule has 0 spiro atoms. The Balaban J connectivity index is 1.48. The number of benzene rings is 1. The van der Waals surface area contributed by atoms with E-state index in [-0.39, 0.29) is 12.5 Å². The molecular formula is C18H23N5OS. The maximum absolute atomic E-state index is 12.5. The molecule has 1 aromatic heterocycles. The number of rotatable bonds is 4. The Hall–Kier alpha value is -2.41. The summed E-state index contributed by atoms with van der Waals surface area (Å²) >= 11 is 1.61. The van der Waals surface area contributed by atoms with Gasteiger partial charge in [-0.15, -0.1) is 11.3 Å². The fraction of sp³-hybridized carbons (Fsp3) is 0.389. The topological polar surface area (TPSA) is 69.6 Å². The number of nitrogens with zero attached hydrogens (tertiary/aromatic N) is 3. The van der Waals surface area contributed by atoms with Gasteiger partial charge in [0, 0.05) is 31.2 Å². The van der Waals surface area contributed by atoms with Crippen LogP contribution in [0.4, 0.5) is 0 Å². The Morgan fingerprint density at radius 1 is 1.32 bits per heavy atom. The summed E-state index contributed by atoms with van der Waals surface area (Å²) < 4.78 is 0. The molecule has 1 aliphatic rings. The lowest BCUT2D eigenvalue weighted by Gasteiger charge is -2.29. The van der Waals surface area contributed by atoms with Gasteiger partial charge < -0.3 is 15.5 Å². The molecule has 2 aromatic rings. The zero-order valence-electron chi connectivity index (χ0n) is 14.6. The number of hydrogen-bond acceptors (Lipinski definition) is 4. The van der Waals surface area contributed by atoms with E-state index in [1.807, 2.05) is 23.3 Å². The summed E-state index contributed by atoms with van der Waals surface area (Å²) in [6.07, 6.45) is 0.915. The monoisotopic (exact) mass is 357 g/mol. The van der Waals surface area contributed by atoms with E-state index >= 15 is 0 Å². The summed E-state index contributed by atoms with van der Waals surface area (Å²) in [7, 11) is 1.70. The molecule has 0 bridgehead atoms. The molecule has 0 saturated carbocycles. The van der Waals surface area contributed by atoms with Gasteiger partial charge >= 0.3 is 0 Å². The van der Waals surface area contributed by atoms with Crippen LogP contribution in [0.2, 0.25) is 0 Å². The van der Waals surface area contributed by atoms with Gasteiger partial charge in [0.25, 0.3) is 0 Å². The highest BCUT2D eigenvalue weighted by molar-refractivity contribution is 7.09. The highest BCUT2D eigenvalue weighted by Gasteiger charge is 2.20. The van der Waals surface area contributed by atoms with E-state index in [2.05, 4.69) is 38.8 Å². The van der Waals surface area contributed by atoms with E-state index in [1.54, 1.807) is 18.4 Å². The quantitative estimate of drug-likeness (QED) is 0.645. The maximum atomic E-state index is 12.5. The number of carbonyl (C=O) groups excluding carboxylic acids is 1. The van der Waals surface area contributed by atoms with Crippen molar-refractivity contribution in [2.24, 2.45) is 4.99 Å². The summed E-state index contributed by atoms with van der Waals surface area (Å²) in [5.74, 6) is 0.696. The number of carbonyl (C=O) groups is 1. The van der Waals surface area contributed by atoms with Crippen molar-refractivity contribution in [2.45, 2.75) is 26.4 Å². The van der Waals surface area contributed by atoms with Crippen LogP contribution >= 0.6 is 11.3 Å². The number of hydrogen-bond donors (Lipinski definition) is 2. The fourth-order valence-electron chi connectivity index (χ4n) is 2.84. The number of nitrogens with one attached hydrogen (secondary N) is 2. The molecule has 1 amide bonds. The fourth-order valence-corrected chi connectivity index (χ4v) is 3.56. The third-order valence-corrected chi connectivity index (χ3v) is 5.15. The van der Waals surface area contributed by atoms with E-state index in [4.69, 9.17) is 0 Å². The van der Waals surface area contributed by atoms with Gasteiger partial charge in [0.1, 0.15) is 5.01 Å². The lowest BCUT2D eigenvalue weighted by atomic mass is 10.00. The molecule has 0 unspecified atom stereocenters. The summed E-state index contributed by atoms with van der Waals surface area (Å²) in [5.41, 5.74) is 3.60. The normalized spacial score (nSPS) is 14.2. The van der Waals surface area contributed by atoms with Crippen LogP contribution in [0.1, 0.15) is 21.8 Å². The minimum Gasteiger partial charge on any atom is -0.350 e. The van der Waals surface area contributed by atoms with Crippen molar-refractivity contribution >= 4 is 23.2 Å². The first-order chi connectivity index (χ1) is 12.2. The molecule has 2 N–H and O–H groups in total. The van der Waals surface area contributed by atoms with E-state index < -0.39 is 0 Å². The van der Waals surface area contributed by atoms with E-state index in [0.717, 1.165) is 23.7 Å². The minimum absolute atomic E-state index is 0.0857. The highest BCUT2D eigenvalue weighted by atomic mass is 32.1. The Labute approximate surface area is 152 Å². The van der Waals surface area contributed by atoms with Crippen molar-refractivity contribution in [2.75, 3.05) is 20.1 Å². The number of guanidine groups is 1. The molecule has 2 heterocycles. The first kappa shape index (κ1) is 17.4. The molecule has 7 heteroatoms. The average molecular weight is 357 g/mol. The van der Waals surface area contributed by atoms with Gasteiger partial charge in [0.2, 0.25) is 5.91 Å². The third kappa shape index (κ3) is 4.57. The van der Waals surface area contributed by atoms with E-state index in [0.29, 0.717) is 19.0 Å². The van der Waals surface area contributed by atoms with Gasteiger partial charge in [-0.2, -0.15) is 0 Å². The second-order valence-corrected chi connectivity index (χ2v) is 6.94. The van der Waals surface area contributed by atoms with Crippen LogP contribution in [0, 0.1) is 6.92 Å². The number of fused-ring (bicyclic) bond motifs is 1. The summed E-state index contributed by atoms with van der Waals surface area (Å²) in [6, 6.07) is 8.31. The van der Waals surface area contributed by atoms with Crippen LogP contribution < -0.4 is 10.6 Å². The summed E-state index contributed by atoms with van der Waals surface area (Å²) in [4.78, 5) is 22.9. The Morgan fingerprint density at radius 2 is 2.12 bits per heavy atom. The molecule has 0 fully saturated rings. The zero-order valence-corrected chi connectivity index (χ0v) is 15.4. The number of thiazole rings is 1. The van der Waals surface area contributed by atoms with Crippen molar-refractivity contribution in [3.05, 3.63) is 51.5 Å². The Bertz CT molecular complexity index is 770. The van der Waals surface area contributed by atoms with Crippen LogP contribution in [-0.4, -0.2) is 41.9 Å². The van der Waals surface area contributed by atoms with Crippen molar-refractivity contribution in [3.63, 3.8) is 0 Å². The van der Waals surface area contributed by atoms with Crippen molar-refractivity contribution in [1.29, 1.82) is 0 Å². The number of aromatic nitrogens is 1. The molecule has 0 aliphatic carbocycles. The van der Waals surface area contributed by atoms with Crippen molar-refractivity contribution in [3.8, 4) is 0 Å². The van der Waals surface area contributed by atoms with Crippen molar-refractivity contribution < 1.29 is 4.79 Å². The second-order valence-electron chi connectivity index (χ2n) is 6.00. The lowest BCUT2D eigenvalue weighted by molar-refractivity contribution is -0.130. The standard InChI is InChI=1S/C18H23N5OS/c1-13-12-25-16(22-13)9-20-18(19-2)21-10-17(24)23-8-7-14-5-3-4-6-15(14)11-23/h3-6,12H,7-11H2,1-2H3,(H2,19,20,21). The summed E-state index contributed by atoms with van der Waals surface area (Å²) in [6.45, 7) is 4.26. The van der Waals surface area contributed by atoms with E-state index in [1.165, 1.54) is 11.1 Å². The first-order valence-electron chi connectivity index (χ1n) is 8.36.